The lowest BCUT2D eigenvalue weighted by Crippen LogP contribution is -2.52. The quantitative estimate of drug-likeness (QED) is 0.734. The molecule has 2 rings (SSSR count). The molecule has 2 amide bonds. The first-order valence-corrected chi connectivity index (χ1v) is 8.95. The van der Waals surface area contributed by atoms with Crippen molar-refractivity contribution in [1.29, 1.82) is 0 Å². The molecule has 1 saturated heterocycles. The van der Waals surface area contributed by atoms with E-state index in [1.54, 1.807) is 4.90 Å². The van der Waals surface area contributed by atoms with Crippen LogP contribution < -0.4 is 10.6 Å². The van der Waals surface area contributed by atoms with E-state index in [2.05, 4.69) is 17.6 Å². The van der Waals surface area contributed by atoms with Gasteiger partial charge < -0.3 is 15.5 Å². The number of carbonyl (C=O) groups is 2. The number of carbonyl (C=O) groups excluding carboxylic acids is 2. The molecule has 0 aliphatic carbocycles. The van der Waals surface area contributed by atoms with Crippen molar-refractivity contribution in [3.8, 4) is 0 Å². The minimum atomic E-state index is -0.325. The molecule has 0 radical (unpaired) electrons. The summed E-state index contributed by atoms with van der Waals surface area (Å²) in [5.74, 6) is -0.0399. The number of halogens is 1. The Morgan fingerprint density at radius 1 is 1.30 bits per heavy atom. The zero-order valence-electron chi connectivity index (χ0n) is 13.5. The second kappa shape index (κ2) is 10.6. The summed E-state index contributed by atoms with van der Waals surface area (Å²) in [7, 11) is 0. The molecule has 2 N–H and O–H groups in total. The Balaban J connectivity index is 0.00000264. The third-order valence-electron chi connectivity index (χ3n) is 3.83. The second-order valence-electron chi connectivity index (χ2n) is 5.53. The van der Waals surface area contributed by atoms with Crippen molar-refractivity contribution in [2.75, 3.05) is 26.2 Å². The molecular weight excluding hydrogens is 334 g/mol. The lowest BCUT2D eigenvalue weighted by Gasteiger charge is -2.34. The van der Waals surface area contributed by atoms with Crippen molar-refractivity contribution < 1.29 is 9.59 Å². The van der Waals surface area contributed by atoms with E-state index < -0.39 is 0 Å². The van der Waals surface area contributed by atoms with Crippen molar-refractivity contribution in [2.24, 2.45) is 0 Å². The number of thiophene rings is 1. The van der Waals surface area contributed by atoms with Crippen molar-refractivity contribution in [1.82, 2.24) is 15.5 Å². The molecule has 7 heteroatoms. The predicted molar refractivity (Wildman–Crippen MR) is 96.4 cm³/mol. The maximum Gasteiger partial charge on any atom is 0.264 e. The predicted octanol–water partition coefficient (Wildman–Crippen LogP) is 2.28. The van der Waals surface area contributed by atoms with Gasteiger partial charge in [-0.3, -0.25) is 9.59 Å². The van der Waals surface area contributed by atoms with Crippen LogP contribution in [0.3, 0.4) is 0 Å². The Bertz CT molecular complexity index is 482. The lowest BCUT2D eigenvalue weighted by molar-refractivity contribution is -0.126. The monoisotopic (exact) mass is 359 g/mol. The number of hydrogen-bond acceptors (Lipinski definition) is 4. The van der Waals surface area contributed by atoms with E-state index in [0.29, 0.717) is 18.0 Å². The van der Waals surface area contributed by atoms with Crippen LogP contribution in [0.1, 0.15) is 42.3 Å². The van der Waals surface area contributed by atoms with E-state index in [1.807, 2.05) is 17.5 Å². The fourth-order valence-corrected chi connectivity index (χ4v) is 3.36. The number of nitrogens with one attached hydrogen (secondary N) is 2. The molecule has 0 saturated carbocycles. The van der Waals surface area contributed by atoms with Gasteiger partial charge >= 0.3 is 0 Å². The van der Waals surface area contributed by atoms with Crippen molar-refractivity contribution in [3.63, 3.8) is 0 Å². The third kappa shape index (κ3) is 5.79. The Morgan fingerprint density at radius 3 is 2.83 bits per heavy atom. The highest BCUT2D eigenvalue weighted by atomic mass is 35.5. The van der Waals surface area contributed by atoms with Crippen LogP contribution in [0.15, 0.2) is 17.5 Å². The van der Waals surface area contributed by atoms with Gasteiger partial charge in [0.05, 0.1) is 4.88 Å². The average molecular weight is 360 g/mol. The Kier molecular flexibility index (Phi) is 9.21. The molecule has 2 heterocycles. The second-order valence-corrected chi connectivity index (χ2v) is 6.48. The van der Waals surface area contributed by atoms with Gasteiger partial charge in [0.2, 0.25) is 5.91 Å². The molecule has 1 aliphatic heterocycles. The molecule has 0 aromatic carbocycles. The van der Waals surface area contributed by atoms with Crippen LogP contribution in [0.25, 0.3) is 0 Å². The molecule has 1 aliphatic rings. The van der Waals surface area contributed by atoms with Gasteiger partial charge in [0, 0.05) is 19.6 Å². The van der Waals surface area contributed by atoms with Crippen LogP contribution in [-0.2, 0) is 4.79 Å². The molecule has 1 aromatic heterocycles. The highest BCUT2D eigenvalue weighted by molar-refractivity contribution is 7.12. The van der Waals surface area contributed by atoms with E-state index in [1.165, 1.54) is 11.3 Å². The molecule has 0 bridgehead atoms. The van der Waals surface area contributed by atoms with E-state index in [-0.39, 0.29) is 30.3 Å². The van der Waals surface area contributed by atoms with Crippen LogP contribution in [-0.4, -0.2) is 48.9 Å². The van der Waals surface area contributed by atoms with E-state index >= 15 is 0 Å². The topological polar surface area (TPSA) is 61.4 Å². The van der Waals surface area contributed by atoms with Crippen LogP contribution >= 0.6 is 23.7 Å². The Hall–Kier alpha value is -1.11. The first kappa shape index (κ1) is 19.9. The van der Waals surface area contributed by atoms with Gasteiger partial charge in [-0.15, -0.1) is 23.7 Å². The summed E-state index contributed by atoms with van der Waals surface area (Å²) in [6.07, 6.45) is 3.81. The zero-order chi connectivity index (χ0) is 15.8. The third-order valence-corrected chi connectivity index (χ3v) is 4.68. The molecular formula is C16H26ClN3O2S. The standard InChI is InChI=1S/C16H25N3O2S.ClH/c1-2-8-17-9-10-18-15(20)13-6-3-4-11-19(13)16(21)14-7-5-12-22-14;/h5,7,12-13,17H,2-4,6,8-11H2,1H3,(H,18,20);1H. The van der Waals surface area contributed by atoms with Crippen molar-refractivity contribution in [2.45, 2.75) is 38.6 Å². The SMILES string of the molecule is CCCNCCNC(=O)C1CCCCN1C(=O)c1cccs1.Cl. The van der Waals surface area contributed by atoms with Crippen molar-refractivity contribution >= 4 is 35.6 Å². The molecule has 1 fully saturated rings. The summed E-state index contributed by atoms with van der Waals surface area (Å²) in [6, 6.07) is 3.37. The number of nitrogens with zero attached hydrogens (tertiary/aromatic N) is 1. The maximum atomic E-state index is 12.5. The molecule has 1 aromatic rings. The summed E-state index contributed by atoms with van der Waals surface area (Å²) < 4.78 is 0. The summed E-state index contributed by atoms with van der Waals surface area (Å²) in [6.45, 7) is 5.12. The first-order chi connectivity index (χ1) is 10.7. The van der Waals surface area contributed by atoms with Gasteiger partial charge in [0.1, 0.15) is 6.04 Å². The maximum absolute atomic E-state index is 12.5. The fourth-order valence-electron chi connectivity index (χ4n) is 2.68. The van der Waals surface area contributed by atoms with Gasteiger partial charge in [-0.1, -0.05) is 13.0 Å². The van der Waals surface area contributed by atoms with Gasteiger partial charge in [-0.2, -0.15) is 0 Å². The highest BCUT2D eigenvalue weighted by Crippen LogP contribution is 2.21. The summed E-state index contributed by atoms with van der Waals surface area (Å²) in [5, 5.41) is 8.10. The number of piperidine rings is 1. The Labute approximate surface area is 148 Å². The molecule has 1 unspecified atom stereocenters. The number of rotatable bonds is 7. The number of amides is 2. The van der Waals surface area contributed by atoms with E-state index in [9.17, 15) is 9.59 Å². The molecule has 130 valence electrons. The van der Waals surface area contributed by atoms with Gasteiger partial charge in [0.15, 0.2) is 0 Å². The number of likely N-dealkylation sites (tertiary alicyclic amines) is 1. The van der Waals surface area contributed by atoms with Crippen LogP contribution in [0.4, 0.5) is 0 Å². The normalized spacial score (nSPS) is 17.4. The lowest BCUT2D eigenvalue weighted by atomic mass is 10.0. The first-order valence-electron chi connectivity index (χ1n) is 8.07. The van der Waals surface area contributed by atoms with E-state index in [4.69, 9.17) is 0 Å². The smallest absolute Gasteiger partial charge is 0.264 e. The highest BCUT2D eigenvalue weighted by Gasteiger charge is 2.32. The van der Waals surface area contributed by atoms with Gasteiger partial charge in [0.25, 0.3) is 5.91 Å². The summed E-state index contributed by atoms with van der Waals surface area (Å²) >= 11 is 1.43. The molecule has 1 atom stereocenters. The van der Waals surface area contributed by atoms with Gasteiger partial charge in [-0.05, 0) is 43.7 Å². The van der Waals surface area contributed by atoms with Crippen molar-refractivity contribution in [3.05, 3.63) is 22.4 Å². The molecule has 5 nitrogen and oxygen atoms in total. The minimum Gasteiger partial charge on any atom is -0.353 e. The minimum absolute atomic E-state index is 0. The summed E-state index contributed by atoms with van der Waals surface area (Å²) in [4.78, 5) is 27.4. The average Bonchev–Trinajstić information content (AvgIpc) is 3.08. The zero-order valence-corrected chi connectivity index (χ0v) is 15.2. The fraction of sp³-hybridized carbons (Fsp3) is 0.625. The summed E-state index contributed by atoms with van der Waals surface area (Å²) in [5.41, 5.74) is 0. The largest absolute Gasteiger partial charge is 0.353 e. The molecule has 0 spiro atoms. The Morgan fingerprint density at radius 2 is 2.13 bits per heavy atom. The number of hydrogen-bond donors (Lipinski definition) is 2. The van der Waals surface area contributed by atoms with E-state index in [0.717, 1.165) is 38.8 Å². The van der Waals surface area contributed by atoms with Gasteiger partial charge in [-0.25, -0.2) is 0 Å². The molecule has 23 heavy (non-hydrogen) atoms. The van der Waals surface area contributed by atoms with Crippen LogP contribution in [0.5, 0.6) is 0 Å². The van der Waals surface area contributed by atoms with Crippen LogP contribution in [0, 0.1) is 0 Å². The van der Waals surface area contributed by atoms with Crippen LogP contribution in [0.2, 0.25) is 0 Å².